The molecule has 23 heavy (non-hydrogen) atoms. The topological polar surface area (TPSA) is 32.3 Å². The van der Waals surface area contributed by atoms with Crippen LogP contribution in [-0.4, -0.2) is 23.2 Å². The van der Waals surface area contributed by atoms with Crippen LogP contribution < -0.4 is 9.80 Å². The molecule has 2 aliphatic rings. The van der Waals surface area contributed by atoms with E-state index in [4.69, 9.17) is 0 Å². The lowest BCUT2D eigenvalue weighted by Crippen LogP contribution is -2.60. The Hall–Kier alpha value is -2.36. The monoisotopic (exact) mass is 306 g/mol. The van der Waals surface area contributed by atoms with Crippen LogP contribution in [0.4, 0.5) is 17.2 Å². The van der Waals surface area contributed by atoms with Crippen molar-refractivity contribution in [2.45, 2.75) is 32.4 Å². The molecule has 0 bridgehead atoms. The van der Waals surface area contributed by atoms with Gasteiger partial charge in [-0.3, -0.25) is 0 Å². The van der Waals surface area contributed by atoms with E-state index >= 15 is 0 Å². The second kappa shape index (κ2) is 4.34. The summed E-state index contributed by atoms with van der Waals surface area (Å²) in [5.41, 5.74) is 3.40. The van der Waals surface area contributed by atoms with Crippen LogP contribution in [0.2, 0.25) is 0 Å². The number of allylic oxidation sites excluding steroid dienone is 1. The SMILES string of the molecule is C=CC1(C)c2ccccc2N2c3ncncc3N(C)C2C1(C)C. The summed E-state index contributed by atoms with van der Waals surface area (Å²) in [6.45, 7) is 11.1. The minimum absolute atomic E-state index is 0.0570. The van der Waals surface area contributed by atoms with E-state index in [1.807, 2.05) is 6.20 Å². The van der Waals surface area contributed by atoms with Crippen LogP contribution in [0.15, 0.2) is 49.4 Å². The zero-order valence-electron chi connectivity index (χ0n) is 14.1. The zero-order valence-corrected chi connectivity index (χ0v) is 14.1. The van der Waals surface area contributed by atoms with Crippen molar-refractivity contribution in [1.29, 1.82) is 0 Å². The number of fused-ring (bicyclic) bond motifs is 5. The van der Waals surface area contributed by atoms with E-state index in [0.717, 1.165) is 11.5 Å². The highest BCUT2D eigenvalue weighted by molar-refractivity contribution is 5.83. The van der Waals surface area contributed by atoms with Crippen molar-refractivity contribution in [3.8, 4) is 0 Å². The van der Waals surface area contributed by atoms with Crippen molar-refractivity contribution < 1.29 is 0 Å². The number of hydrogen-bond donors (Lipinski definition) is 0. The van der Waals surface area contributed by atoms with Crippen molar-refractivity contribution in [2.24, 2.45) is 5.41 Å². The van der Waals surface area contributed by atoms with Gasteiger partial charge in [0.2, 0.25) is 0 Å². The molecule has 0 fully saturated rings. The quantitative estimate of drug-likeness (QED) is 0.749. The fourth-order valence-corrected chi connectivity index (χ4v) is 4.33. The maximum absolute atomic E-state index is 4.58. The Labute approximate surface area is 137 Å². The molecule has 0 radical (unpaired) electrons. The van der Waals surface area contributed by atoms with Gasteiger partial charge in [-0.25, -0.2) is 9.97 Å². The van der Waals surface area contributed by atoms with Crippen molar-refractivity contribution >= 4 is 17.2 Å². The fraction of sp³-hybridized carbons (Fsp3) is 0.368. The third-order valence-electron chi connectivity index (χ3n) is 6.01. The lowest BCUT2D eigenvalue weighted by Gasteiger charge is -2.56. The summed E-state index contributed by atoms with van der Waals surface area (Å²) in [6.07, 6.45) is 5.81. The summed E-state index contributed by atoms with van der Waals surface area (Å²) >= 11 is 0. The Morgan fingerprint density at radius 3 is 2.65 bits per heavy atom. The van der Waals surface area contributed by atoms with Gasteiger partial charge in [0.15, 0.2) is 5.82 Å². The molecule has 118 valence electrons. The van der Waals surface area contributed by atoms with Gasteiger partial charge in [-0.15, -0.1) is 6.58 Å². The first-order valence-corrected chi connectivity index (χ1v) is 7.98. The van der Waals surface area contributed by atoms with Gasteiger partial charge in [-0.2, -0.15) is 0 Å². The fourth-order valence-electron chi connectivity index (χ4n) is 4.33. The first kappa shape index (κ1) is 14.2. The highest BCUT2D eigenvalue weighted by Crippen LogP contribution is 2.60. The Kier molecular flexibility index (Phi) is 2.69. The third-order valence-corrected chi connectivity index (χ3v) is 6.01. The minimum Gasteiger partial charge on any atom is -0.349 e. The van der Waals surface area contributed by atoms with Gasteiger partial charge >= 0.3 is 0 Å². The molecule has 0 amide bonds. The average Bonchev–Trinajstić information content (AvgIpc) is 2.87. The third kappa shape index (κ3) is 1.51. The van der Waals surface area contributed by atoms with E-state index in [0.29, 0.717) is 0 Å². The first-order valence-electron chi connectivity index (χ1n) is 7.98. The zero-order chi connectivity index (χ0) is 16.4. The van der Waals surface area contributed by atoms with Gasteiger partial charge in [-0.05, 0) is 11.6 Å². The van der Waals surface area contributed by atoms with Crippen LogP contribution >= 0.6 is 0 Å². The van der Waals surface area contributed by atoms with Crippen molar-refractivity contribution in [3.05, 3.63) is 55.0 Å². The molecule has 2 aromatic rings. The summed E-state index contributed by atoms with van der Waals surface area (Å²) in [5, 5.41) is 0. The Morgan fingerprint density at radius 1 is 1.17 bits per heavy atom. The van der Waals surface area contributed by atoms with Gasteiger partial charge in [0.1, 0.15) is 18.2 Å². The normalized spacial score (nSPS) is 27.2. The number of aromatic nitrogens is 2. The number of hydrogen-bond acceptors (Lipinski definition) is 4. The molecule has 4 nitrogen and oxygen atoms in total. The molecule has 2 aliphatic heterocycles. The highest BCUT2D eigenvalue weighted by atomic mass is 15.5. The van der Waals surface area contributed by atoms with Gasteiger partial charge in [0.05, 0.1) is 6.20 Å². The molecule has 0 saturated heterocycles. The van der Waals surface area contributed by atoms with E-state index in [9.17, 15) is 0 Å². The van der Waals surface area contributed by atoms with Gasteiger partial charge in [0.25, 0.3) is 0 Å². The molecule has 0 spiro atoms. The van der Waals surface area contributed by atoms with Crippen molar-refractivity contribution in [1.82, 2.24) is 9.97 Å². The van der Waals surface area contributed by atoms with Crippen LogP contribution in [0.25, 0.3) is 0 Å². The van der Waals surface area contributed by atoms with Crippen LogP contribution in [0.1, 0.15) is 26.3 Å². The number of para-hydroxylation sites is 1. The molecule has 4 rings (SSSR count). The smallest absolute Gasteiger partial charge is 0.161 e. The van der Waals surface area contributed by atoms with E-state index in [1.54, 1.807) is 6.33 Å². The van der Waals surface area contributed by atoms with Gasteiger partial charge in [0, 0.05) is 23.6 Å². The maximum atomic E-state index is 4.58. The maximum Gasteiger partial charge on any atom is 0.161 e. The van der Waals surface area contributed by atoms with Crippen molar-refractivity contribution in [2.75, 3.05) is 16.8 Å². The van der Waals surface area contributed by atoms with Crippen LogP contribution in [-0.2, 0) is 5.41 Å². The highest BCUT2D eigenvalue weighted by Gasteiger charge is 2.57. The van der Waals surface area contributed by atoms with E-state index in [2.05, 4.69) is 84.5 Å². The summed E-state index contributed by atoms with van der Waals surface area (Å²) < 4.78 is 0. The molecule has 4 heteroatoms. The summed E-state index contributed by atoms with van der Waals surface area (Å²) in [4.78, 5) is 13.5. The standard InChI is InChI=1S/C19H22N4/c1-6-19(4)13-9-7-8-10-14(13)23-16-15(11-20-12-21-16)22(5)17(23)18(19,2)3/h6-12,17H,1H2,2-5H3. The molecule has 1 aromatic carbocycles. The minimum atomic E-state index is -0.130. The predicted octanol–water partition coefficient (Wildman–Crippen LogP) is 3.87. The number of rotatable bonds is 1. The molecule has 0 N–H and O–H groups in total. The Morgan fingerprint density at radius 2 is 1.91 bits per heavy atom. The van der Waals surface area contributed by atoms with Gasteiger partial charge < -0.3 is 9.80 Å². The Balaban J connectivity index is 2.07. The molecule has 2 unspecified atom stereocenters. The van der Waals surface area contributed by atoms with Gasteiger partial charge in [-0.1, -0.05) is 45.0 Å². The lowest BCUT2D eigenvalue weighted by atomic mass is 9.58. The number of benzene rings is 1. The van der Waals surface area contributed by atoms with Crippen LogP contribution in [0.5, 0.6) is 0 Å². The molecule has 1 aromatic heterocycles. The molecule has 0 saturated carbocycles. The predicted molar refractivity (Wildman–Crippen MR) is 94.1 cm³/mol. The van der Waals surface area contributed by atoms with Crippen LogP contribution in [0.3, 0.4) is 0 Å². The molecule has 2 atom stereocenters. The second-order valence-corrected chi connectivity index (χ2v) is 7.23. The molecule has 3 heterocycles. The van der Waals surface area contributed by atoms with Crippen molar-refractivity contribution in [3.63, 3.8) is 0 Å². The Bertz CT molecular complexity index is 797. The molecular formula is C19H22N4. The van der Waals surface area contributed by atoms with Crippen LogP contribution in [0, 0.1) is 5.41 Å². The van der Waals surface area contributed by atoms with E-state index in [-0.39, 0.29) is 17.0 Å². The summed E-state index contributed by atoms with van der Waals surface area (Å²) in [5.74, 6) is 0.985. The summed E-state index contributed by atoms with van der Waals surface area (Å²) in [6, 6.07) is 8.60. The second-order valence-electron chi connectivity index (χ2n) is 7.23. The lowest BCUT2D eigenvalue weighted by molar-refractivity contribution is 0.168. The van der Waals surface area contributed by atoms with E-state index in [1.165, 1.54) is 11.3 Å². The average molecular weight is 306 g/mol. The largest absolute Gasteiger partial charge is 0.349 e. The first-order chi connectivity index (χ1) is 10.9. The summed E-state index contributed by atoms with van der Waals surface area (Å²) in [7, 11) is 2.13. The number of anilines is 3. The number of nitrogens with zero attached hydrogens (tertiary/aromatic N) is 4. The molecule has 0 aliphatic carbocycles. The molecular weight excluding hydrogens is 284 g/mol. The van der Waals surface area contributed by atoms with E-state index < -0.39 is 0 Å².